The van der Waals surface area contributed by atoms with E-state index in [1.165, 1.54) is 0 Å². The Hall–Kier alpha value is -2.37. The number of pyridine rings is 1. The molecule has 0 radical (unpaired) electrons. The minimum atomic E-state index is 0.318. The molecule has 27 heavy (non-hydrogen) atoms. The van der Waals surface area contributed by atoms with Crippen LogP contribution in [0.2, 0.25) is 0 Å². The van der Waals surface area contributed by atoms with Crippen molar-refractivity contribution in [2.24, 2.45) is 0 Å². The van der Waals surface area contributed by atoms with Crippen LogP contribution in [0.1, 0.15) is 64.8 Å². The van der Waals surface area contributed by atoms with Gasteiger partial charge in [-0.3, -0.25) is 4.98 Å². The molecule has 2 aromatic heterocycles. The van der Waals surface area contributed by atoms with E-state index in [-0.39, 0.29) is 0 Å². The number of ether oxygens (including phenoxy) is 2. The number of aromatic nitrogens is 3. The van der Waals surface area contributed by atoms with Gasteiger partial charge in [-0.2, -0.15) is 4.98 Å². The molecule has 148 valence electrons. The first kappa shape index (κ1) is 20.9. The number of nitrogens with zero attached hydrogens (tertiary/aromatic N) is 3. The number of aryl methyl sites for hydroxylation is 1. The maximum absolute atomic E-state index is 5.61. The third kappa shape index (κ3) is 4.67. The van der Waals surface area contributed by atoms with Gasteiger partial charge in [-0.25, -0.2) is 4.98 Å². The zero-order valence-corrected chi connectivity index (χ0v) is 17.6. The maximum atomic E-state index is 5.61. The number of hydrogen-bond donors (Lipinski definition) is 1. The first-order valence-electron chi connectivity index (χ1n) is 9.74. The molecule has 6 heteroatoms. The highest BCUT2D eigenvalue weighted by atomic mass is 16.5. The van der Waals surface area contributed by atoms with Gasteiger partial charge >= 0.3 is 0 Å². The number of anilines is 1. The average molecular weight is 373 g/mol. The second kappa shape index (κ2) is 9.53. The molecule has 0 spiro atoms. The molecule has 0 aliphatic rings. The topological polar surface area (TPSA) is 69.2 Å². The van der Waals surface area contributed by atoms with Gasteiger partial charge in [0, 0.05) is 24.0 Å². The van der Waals surface area contributed by atoms with E-state index in [4.69, 9.17) is 19.4 Å². The van der Waals surface area contributed by atoms with Crippen molar-refractivity contribution in [1.29, 1.82) is 0 Å². The summed E-state index contributed by atoms with van der Waals surface area (Å²) in [4.78, 5) is 14.2. The summed E-state index contributed by atoms with van der Waals surface area (Å²) < 4.78 is 11.2. The van der Waals surface area contributed by atoms with Gasteiger partial charge in [-0.1, -0.05) is 34.6 Å². The van der Waals surface area contributed by atoms with Crippen LogP contribution in [0.5, 0.6) is 11.6 Å². The highest BCUT2D eigenvalue weighted by molar-refractivity contribution is 5.72. The van der Waals surface area contributed by atoms with Crippen molar-refractivity contribution in [1.82, 2.24) is 15.0 Å². The first-order valence-corrected chi connectivity index (χ1v) is 9.74. The van der Waals surface area contributed by atoms with Gasteiger partial charge in [-0.05, 0) is 25.2 Å². The number of rotatable bonds is 9. The zero-order valence-electron chi connectivity index (χ0n) is 17.6. The Labute approximate surface area is 162 Å². The minimum Gasteiger partial charge on any atom is -0.496 e. The van der Waals surface area contributed by atoms with Crippen molar-refractivity contribution >= 4 is 5.82 Å². The van der Waals surface area contributed by atoms with Crippen molar-refractivity contribution in [3.8, 4) is 22.9 Å². The van der Waals surface area contributed by atoms with E-state index in [2.05, 4.69) is 44.9 Å². The SMILES string of the molecule is CCc1nc(-c2cnc(C(C)C)cc2OC)c(OC)nc1NC(CC)CC. The molecule has 2 heterocycles. The third-order valence-electron chi connectivity index (χ3n) is 4.74. The van der Waals surface area contributed by atoms with Crippen LogP contribution in [0.25, 0.3) is 11.3 Å². The quantitative estimate of drug-likeness (QED) is 0.679. The molecule has 2 rings (SSSR count). The van der Waals surface area contributed by atoms with Gasteiger partial charge in [0.1, 0.15) is 11.4 Å². The second-order valence-electron chi connectivity index (χ2n) is 6.85. The lowest BCUT2D eigenvalue weighted by atomic mass is 10.1. The molecule has 0 aromatic carbocycles. The van der Waals surface area contributed by atoms with Gasteiger partial charge in [0.2, 0.25) is 5.88 Å². The lowest BCUT2D eigenvalue weighted by molar-refractivity contribution is 0.395. The molecule has 0 amide bonds. The van der Waals surface area contributed by atoms with Crippen molar-refractivity contribution in [3.63, 3.8) is 0 Å². The number of nitrogens with one attached hydrogen (secondary N) is 1. The monoisotopic (exact) mass is 372 g/mol. The maximum Gasteiger partial charge on any atom is 0.242 e. The van der Waals surface area contributed by atoms with Gasteiger partial charge < -0.3 is 14.8 Å². The van der Waals surface area contributed by atoms with E-state index < -0.39 is 0 Å². The fourth-order valence-electron chi connectivity index (χ4n) is 2.94. The fraction of sp³-hybridized carbons (Fsp3) is 0.571. The van der Waals surface area contributed by atoms with Crippen molar-refractivity contribution in [2.45, 2.75) is 65.8 Å². The number of hydrogen-bond acceptors (Lipinski definition) is 6. The molecule has 0 bridgehead atoms. The molecule has 1 N–H and O–H groups in total. The van der Waals surface area contributed by atoms with E-state index in [9.17, 15) is 0 Å². The third-order valence-corrected chi connectivity index (χ3v) is 4.74. The Morgan fingerprint density at radius 2 is 1.74 bits per heavy atom. The summed E-state index contributed by atoms with van der Waals surface area (Å²) in [5.74, 6) is 2.30. The molecular weight excluding hydrogens is 340 g/mol. The van der Waals surface area contributed by atoms with Crippen LogP contribution in [0.4, 0.5) is 5.82 Å². The average Bonchev–Trinajstić information content (AvgIpc) is 2.70. The van der Waals surface area contributed by atoms with Crippen LogP contribution < -0.4 is 14.8 Å². The molecule has 6 nitrogen and oxygen atoms in total. The van der Waals surface area contributed by atoms with Gasteiger partial charge in [-0.15, -0.1) is 0 Å². The molecule has 0 aliphatic heterocycles. The first-order chi connectivity index (χ1) is 13.0. The lowest BCUT2D eigenvalue weighted by Crippen LogP contribution is -2.20. The zero-order chi connectivity index (χ0) is 20.0. The predicted molar refractivity (Wildman–Crippen MR) is 110 cm³/mol. The Bertz CT molecular complexity index is 758. The fourth-order valence-corrected chi connectivity index (χ4v) is 2.94. The Balaban J connectivity index is 2.57. The molecule has 0 unspecified atom stereocenters. The van der Waals surface area contributed by atoms with E-state index in [1.807, 2.05) is 6.07 Å². The largest absolute Gasteiger partial charge is 0.496 e. The van der Waals surface area contributed by atoms with E-state index in [0.29, 0.717) is 23.5 Å². The van der Waals surface area contributed by atoms with Crippen molar-refractivity contribution < 1.29 is 9.47 Å². The highest BCUT2D eigenvalue weighted by Gasteiger charge is 2.20. The Morgan fingerprint density at radius 3 is 2.26 bits per heavy atom. The summed E-state index contributed by atoms with van der Waals surface area (Å²) in [6.07, 6.45) is 4.63. The van der Waals surface area contributed by atoms with Crippen LogP contribution in [-0.4, -0.2) is 35.2 Å². The molecule has 2 aromatic rings. The summed E-state index contributed by atoms with van der Waals surface area (Å²) in [7, 11) is 3.27. The van der Waals surface area contributed by atoms with Crippen LogP contribution in [0.15, 0.2) is 12.3 Å². The summed E-state index contributed by atoms with van der Waals surface area (Å²) >= 11 is 0. The van der Waals surface area contributed by atoms with Crippen LogP contribution in [-0.2, 0) is 6.42 Å². The van der Waals surface area contributed by atoms with Gasteiger partial charge in [0.15, 0.2) is 5.82 Å². The molecule has 0 atom stereocenters. The lowest BCUT2D eigenvalue weighted by Gasteiger charge is -2.20. The van der Waals surface area contributed by atoms with Crippen LogP contribution in [0, 0.1) is 0 Å². The minimum absolute atomic E-state index is 0.318. The summed E-state index contributed by atoms with van der Waals surface area (Å²) in [6.45, 7) is 10.6. The number of methoxy groups -OCH3 is 2. The molecule has 0 saturated carbocycles. The normalized spacial score (nSPS) is 11.1. The smallest absolute Gasteiger partial charge is 0.242 e. The van der Waals surface area contributed by atoms with Crippen LogP contribution in [0.3, 0.4) is 0 Å². The molecule has 0 fully saturated rings. The molecule has 0 aliphatic carbocycles. The summed E-state index contributed by atoms with van der Waals surface area (Å²) in [5.41, 5.74) is 3.33. The standard InChI is InChI=1S/C21H32N4O2/c1-8-14(9-2)23-20-16(10-3)24-19(21(25-20)27-7)15-12-22-17(13(4)5)11-18(15)26-6/h11-14H,8-10H2,1-7H3,(H,23,25). The van der Waals surface area contributed by atoms with Gasteiger partial charge in [0.05, 0.1) is 25.5 Å². The van der Waals surface area contributed by atoms with Crippen molar-refractivity contribution in [3.05, 3.63) is 23.7 Å². The predicted octanol–water partition coefficient (Wildman–Crippen LogP) is 4.84. The van der Waals surface area contributed by atoms with Crippen molar-refractivity contribution in [2.75, 3.05) is 19.5 Å². The Morgan fingerprint density at radius 1 is 1.04 bits per heavy atom. The Kier molecular flexibility index (Phi) is 7.39. The second-order valence-corrected chi connectivity index (χ2v) is 6.85. The van der Waals surface area contributed by atoms with E-state index in [0.717, 1.165) is 47.8 Å². The summed E-state index contributed by atoms with van der Waals surface area (Å²) in [6, 6.07) is 2.32. The van der Waals surface area contributed by atoms with E-state index >= 15 is 0 Å². The molecular formula is C21H32N4O2. The van der Waals surface area contributed by atoms with Gasteiger partial charge in [0.25, 0.3) is 0 Å². The van der Waals surface area contributed by atoms with Crippen LogP contribution >= 0.6 is 0 Å². The highest BCUT2D eigenvalue weighted by Crippen LogP contribution is 2.36. The van der Waals surface area contributed by atoms with E-state index in [1.54, 1.807) is 20.4 Å². The summed E-state index contributed by atoms with van der Waals surface area (Å²) in [5, 5.41) is 3.50. The molecule has 0 saturated heterocycles.